The summed E-state index contributed by atoms with van der Waals surface area (Å²) in [5, 5.41) is 19.4. The number of halogens is 1. The summed E-state index contributed by atoms with van der Waals surface area (Å²) in [6.07, 6.45) is 0.0254. The predicted octanol–water partition coefficient (Wildman–Crippen LogP) is 0.796. The molecule has 0 unspecified atom stereocenters. The Kier molecular flexibility index (Phi) is 5.61. The fraction of sp³-hybridized carbons (Fsp3) is 0.364. The van der Waals surface area contributed by atoms with Gasteiger partial charge in [-0.25, -0.2) is 0 Å². The highest BCUT2D eigenvalue weighted by atomic mass is 35.5. The average molecular weight is 246 g/mol. The van der Waals surface area contributed by atoms with E-state index in [-0.39, 0.29) is 12.4 Å². The molecule has 0 radical (unpaired) electrons. The third kappa shape index (κ3) is 3.02. The number of hydrogen-bond acceptors (Lipinski definition) is 4. The largest absolute Gasteiger partial charge is 0.388 e. The first-order chi connectivity index (χ1) is 7.02. The number of carbonyl (C=O) groups excluding carboxylic acids is 1. The number of aliphatic hydroxyl groups is 2. The minimum absolute atomic E-state index is 0. The van der Waals surface area contributed by atoms with Crippen LogP contribution in [0.2, 0.25) is 0 Å². The van der Waals surface area contributed by atoms with Gasteiger partial charge in [0.15, 0.2) is 5.72 Å². The number of benzene rings is 1. The van der Waals surface area contributed by atoms with Crippen LogP contribution in [0.3, 0.4) is 0 Å². The zero-order chi connectivity index (χ0) is 11.5. The van der Waals surface area contributed by atoms with Crippen molar-refractivity contribution in [2.24, 2.45) is 5.73 Å². The van der Waals surface area contributed by atoms with Crippen molar-refractivity contribution in [3.63, 3.8) is 0 Å². The van der Waals surface area contributed by atoms with Crippen molar-refractivity contribution in [2.75, 3.05) is 0 Å². The van der Waals surface area contributed by atoms with Gasteiger partial charge in [-0.05, 0) is 6.42 Å². The molecular weight excluding hydrogens is 230 g/mol. The first-order valence-corrected chi connectivity index (χ1v) is 4.77. The van der Waals surface area contributed by atoms with Gasteiger partial charge < -0.3 is 10.2 Å². The summed E-state index contributed by atoms with van der Waals surface area (Å²) in [6.45, 7) is 1.72. The second kappa shape index (κ2) is 5.96. The molecular formula is C11H16ClNO3. The van der Waals surface area contributed by atoms with Crippen LogP contribution in [0.4, 0.5) is 0 Å². The molecule has 0 spiro atoms. The highest BCUT2D eigenvalue weighted by Gasteiger charge is 2.31. The van der Waals surface area contributed by atoms with Crippen LogP contribution in [-0.4, -0.2) is 22.6 Å². The number of aliphatic hydroxyl groups excluding tert-OH is 1. The van der Waals surface area contributed by atoms with Gasteiger partial charge in [0.25, 0.3) is 0 Å². The maximum atomic E-state index is 10.4. The molecule has 0 heterocycles. The lowest BCUT2D eigenvalue weighted by Crippen LogP contribution is -2.47. The van der Waals surface area contributed by atoms with Crippen LogP contribution in [-0.2, 0) is 5.72 Å². The van der Waals surface area contributed by atoms with E-state index in [1.54, 1.807) is 19.1 Å². The average Bonchev–Trinajstić information content (AvgIpc) is 2.28. The van der Waals surface area contributed by atoms with E-state index in [1.807, 2.05) is 0 Å². The molecule has 0 saturated heterocycles. The molecule has 0 aliphatic carbocycles. The number of nitrogens with two attached hydrogens (primary N) is 1. The van der Waals surface area contributed by atoms with Gasteiger partial charge in [0.05, 0.1) is 0 Å². The van der Waals surface area contributed by atoms with Gasteiger partial charge in [-0.1, -0.05) is 31.2 Å². The van der Waals surface area contributed by atoms with Crippen molar-refractivity contribution < 1.29 is 15.0 Å². The molecule has 4 N–H and O–H groups in total. The van der Waals surface area contributed by atoms with E-state index in [1.165, 1.54) is 12.1 Å². The molecule has 5 heteroatoms. The monoisotopic (exact) mass is 245 g/mol. The fourth-order valence-corrected chi connectivity index (χ4v) is 1.33. The Bertz CT molecular complexity index is 338. The first kappa shape index (κ1) is 15.1. The molecule has 0 aliphatic rings. The lowest BCUT2D eigenvalue weighted by atomic mass is 9.95. The smallest absolute Gasteiger partial charge is 0.165 e. The molecule has 0 fully saturated rings. The van der Waals surface area contributed by atoms with Crippen molar-refractivity contribution in [2.45, 2.75) is 25.2 Å². The van der Waals surface area contributed by atoms with Gasteiger partial charge in [0, 0.05) is 11.1 Å². The Labute approximate surface area is 100 Å². The van der Waals surface area contributed by atoms with Crippen molar-refractivity contribution in [1.29, 1.82) is 0 Å². The summed E-state index contributed by atoms with van der Waals surface area (Å²) in [4.78, 5) is 10.4. The lowest BCUT2D eigenvalue weighted by molar-refractivity contribution is -0.0774. The van der Waals surface area contributed by atoms with Crippen LogP contribution in [0, 0.1) is 0 Å². The SMILES string of the molecule is CC[C@H](O)[C@@](N)(O)c1ccc(C=O)cc1.Cl. The first-order valence-electron chi connectivity index (χ1n) is 4.77. The van der Waals surface area contributed by atoms with Crippen LogP contribution < -0.4 is 5.73 Å². The van der Waals surface area contributed by atoms with E-state index in [9.17, 15) is 15.0 Å². The number of rotatable bonds is 4. The fourth-order valence-electron chi connectivity index (χ4n) is 1.33. The standard InChI is InChI=1S/C11H15NO3.ClH/c1-2-10(14)11(12,15)9-5-3-8(7-13)4-6-9;/h3-7,10,14-15H,2,12H2,1H3;1H/t10-,11-;/m0./s1. The number of hydrogen-bond donors (Lipinski definition) is 3. The molecule has 0 amide bonds. The Balaban J connectivity index is 0.00000225. The van der Waals surface area contributed by atoms with Crippen molar-refractivity contribution >= 4 is 18.7 Å². The highest BCUT2D eigenvalue weighted by molar-refractivity contribution is 5.85. The van der Waals surface area contributed by atoms with Crippen molar-refractivity contribution in [3.8, 4) is 0 Å². The molecule has 16 heavy (non-hydrogen) atoms. The molecule has 1 aromatic rings. The van der Waals surface area contributed by atoms with Crippen LogP contribution in [0.1, 0.15) is 29.3 Å². The van der Waals surface area contributed by atoms with Gasteiger partial charge in [-0.3, -0.25) is 10.5 Å². The third-order valence-electron chi connectivity index (χ3n) is 2.40. The van der Waals surface area contributed by atoms with E-state index in [4.69, 9.17) is 5.73 Å². The topological polar surface area (TPSA) is 83.6 Å². The molecule has 1 aromatic carbocycles. The normalized spacial score (nSPS) is 15.8. The van der Waals surface area contributed by atoms with Crippen molar-refractivity contribution in [1.82, 2.24) is 0 Å². The van der Waals surface area contributed by atoms with Gasteiger partial charge >= 0.3 is 0 Å². The summed E-state index contributed by atoms with van der Waals surface area (Å²) in [5.41, 5.74) is 4.72. The van der Waals surface area contributed by atoms with E-state index in [0.29, 0.717) is 23.8 Å². The summed E-state index contributed by atoms with van der Waals surface area (Å²) in [5.74, 6) is 0. The molecule has 1 rings (SSSR count). The Hall–Kier alpha value is -0.940. The minimum Gasteiger partial charge on any atom is -0.388 e. The van der Waals surface area contributed by atoms with E-state index >= 15 is 0 Å². The molecule has 0 aromatic heterocycles. The second-order valence-electron chi connectivity index (χ2n) is 3.49. The van der Waals surface area contributed by atoms with Crippen LogP contribution >= 0.6 is 12.4 Å². The maximum Gasteiger partial charge on any atom is 0.165 e. The van der Waals surface area contributed by atoms with Gasteiger partial charge in [-0.2, -0.15) is 0 Å². The molecule has 2 atom stereocenters. The molecule has 0 saturated carbocycles. The summed E-state index contributed by atoms with van der Waals surface area (Å²) in [6, 6.07) is 6.15. The number of carbonyl (C=O) groups is 1. The van der Waals surface area contributed by atoms with Crippen LogP contribution in [0.25, 0.3) is 0 Å². The third-order valence-corrected chi connectivity index (χ3v) is 2.40. The molecule has 0 aliphatic heterocycles. The summed E-state index contributed by atoms with van der Waals surface area (Å²) >= 11 is 0. The molecule has 0 bridgehead atoms. The minimum atomic E-state index is -1.77. The van der Waals surface area contributed by atoms with Crippen LogP contribution in [0.5, 0.6) is 0 Å². The van der Waals surface area contributed by atoms with E-state index < -0.39 is 11.8 Å². The zero-order valence-electron chi connectivity index (χ0n) is 8.96. The Morgan fingerprint density at radius 2 is 1.94 bits per heavy atom. The summed E-state index contributed by atoms with van der Waals surface area (Å²) < 4.78 is 0. The van der Waals surface area contributed by atoms with E-state index in [0.717, 1.165) is 0 Å². The second-order valence-corrected chi connectivity index (χ2v) is 3.49. The highest BCUT2D eigenvalue weighted by Crippen LogP contribution is 2.21. The van der Waals surface area contributed by atoms with Gasteiger partial charge in [0.2, 0.25) is 0 Å². The zero-order valence-corrected chi connectivity index (χ0v) is 9.78. The van der Waals surface area contributed by atoms with Crippen LogP contribution in [0.15, 0.2) is 24.3 Å². The Morgan fingerprint density at radius 1 is 1.44 bits per heavy atom. The quantitative estimate of drug-likeness (QED) is 0.541. The van der Waals surface area contributed by atoms with Gasteiger partial charge in [0.1, 0.15) is 12.4 Å². The van der Waals surface area contributed by atoms with E-state index in [2.05, 4.69) is 0 Å². The lowest BCUT2D eigenvalue weighted by Gasteiger charge is -2.28. The maximum absolute atomic E-state index is 10.4. The molecule has 90 valence electrons. The number of aldehydes is 1. The van der Waals surface area contributed by atoms with Crippen molar-refractivity contribution in [3.05, 3.63) is 35.4 Å². The summed E-state index contributed by atoms with van der Waals surface area (Å²) in [7, 11) is 0. The van der Waals surface area contributed by atoms with Gasteiger partial charge in [-0.15, -0.1) is 12.4 Å². The molecule has 4 nitrogen and oxygen atoms in total. The predicted molar refractivity (Wildman–Crippen MR) is 63.5 cm³/mol. The Morgan fingerprint density at radius 3 is 2.31 bits per heavy atom.